The topological polar surface area (TPSA) is 29.3 Å². The molecule has 1 saturated heterocycles. The van der Waals surface area contributed by atoms with Gasteiger partial charge in [0.2, 0.25) is 0 Å². The number of hydrogen-bond acceptors (Lipinski definition) is 2. The number of likely N-dealkylation sites (N-methyl/N-ethyl adjacent to an activating group) is 1. The molecule has 0 amide bonds. The minimum absolute atomic E-state index is 0.0590. The van der Waals surface area contributed by atoms with Gasteiger partial charge in [-0.3, -0.25) is 0 Å². The first-order chi connectivity index (χ1) is 4.56. The molecule has 0 aromatic carbocycles. The van der Waals surface area contributed by atoms with Crippen molar-refractivity contribution in [3.8, 4) is 0 Å². The normalized spacial score (nSPS) is 42.6. The van der Waals surface area contributed by atoms with Crippen molar-refractivity contribution in [2.75, 3.05) is 20.1 Å². The molecule has 2 heteroatoms. The van der Waals surface area contributed by atoms with Crippen LogP contribution in [-0.2, 0) is 0 Å². The molecule has 0 bridgehead atoms. The van der Waals surface area contributed by atoms with Gasteiger partial charge in [0.15, 0.2) is 0 Å². The lowest BCUT2D eigenvalue weighted by molar-refractivity contribution is 0.364. The van der Waals surface area contributed by atoms with Crippen LogP contribution in [0.4, 0.5) is 0 Å². The van der Waals surface area contributed by atoms with Gasteiger partial charge < -0.3 is 10.6 Å². The third-order valence-corrected chi connectivity index (χ3v) is 2.57. The predicted octanol–water partition coefficient (Wildman–Crippen LogP) is 0.675. The van der Waals surface area contributed by atoms with E-state index in [1.165, 1.54) is 13.0 Å². The van der Waals surface area contributed by atoms with Gasteiger partial charge in [0.05, 0.1) is 0 Å². The van der Waals surface area contributed by atoms with Gasteiger partial charge in [-0.1, -0.05) is 13.3 Å². The molecule has 0 unspecified atom stereocenters. The summed E-state index contributed by atoms with van der Waals surface area (Å²) in [5.74, 6) is 0.692. The van der Waals surface area contributed by atoms with Crippen LogP contribution in [-0.4, -0.2) is 30.6 Å². The highest BCUT2D eigenvalue weighted by molar-refractivity contribution is 4.95. The zero-order chi connectivity index (χ0) is 7.78. The smallest absolute Gasteiger partial charge is 0.0295 e. The molecular formula is C8H18N2. The van der Waals surface area contributed by atoms with Crippen LogP contribution in [0.25, 0.3) is 0 Å². The Hall–Kier alpha value is -0.0800. The van der Waals surface area contributed by atoms with Crippen molar-refractivity contribution < 1.29 is 0 Å². The largest absolute Gasteiger partial charge is 0.324 e. The van der Waals surface area contributed by atoms with Crippen LogP contribution in [0.15, 0.2) is 0 Å². The van der Waals surface area contributed by atoms with Crippen molar-refractivity contribution in [2.45, 2.75) is 25.8 Å². The van der Waals surface area contributed by atoms with E-state index >= 15 is 0 Å². The van der Waals surface area contributed by atoms with Crippen molar-refractivity contribution in [2.24, 2.45) is 11.7 Å². The Kier molecular flexibility index (Phi) is 2.02. The molecule has 1 rings (SSSR count). The van der Waals surface area contributed by atoms with Crippen LogP contribution in [0.2, 0.25) is 0 Å². The van der Waals surface area contributed by atoms with Gasteiger partial charge in [-0.05, 0) is 19.9 Å². The quantitative estimate of drug-likeness (QED) is 0.583. The number of rotatable bonds is 1. The Morgan fingerprint density at radius 1 is 1.70 bits per heavy atom. The average Bonchev–Trinajstić information content (AvgIpc) is 2.04. The molecule has 1 heterocycles. The summed E-state index contributed by atoms with van der Waals surface area (Å²) in [6.45, 7) is 6.59. The Morgan fingerprint density at radius 3 is 2.50 bits per heavy atom. The third kappa shape index (κ3) is 1.32. The zero-order valence-electron chi connectivity index (χ0n) is 7.22. The van der Waals surface area contributed by atoms with Crippen LogP contribution in [0.5, 0.6) is 0 Å². The Morgan fingerprint density at radius 2 is 2.30 bits per heavy atom. The fraction of sp³-hybridized carbons (Fsp3) is 1.00. The highest BCUT2D eigenvalue weighted by Gasteiger charge is 2.36. The first-order valence-corrected chi connectivity index (χ1v) is 4.03. The highest BCUT2D eigenvalue weighted by Crippen LogP contribution is 2.25. The van der Waals surface area contributed by atoms with Crippen molar-refractivity contribution >= 4 is 0 Å². The summed E-state index contributed by atoms with van der Waals surface area (Å²) in [4.78, 5) is 2.31. The van der Waals surface area contributed by atoms with Gasteiger partial charge in [-0.25, -0.2) is 0 Å². The second kappa shape index (κ2) is 2.51. The number of nitrogens with two attached hydrogens (primary N) is 1. The highest BCUT2D eigenvalue weighted by atomic mass is 15.2. The summed E-state index contributed by atoms with van der Waals surface area (Å²) >= 11 is 0. The second-order valence-corrected chi connectivity index (χ2v) is 3.81. The molecule has 2 nitrogen and oxygen atoms in total. The molecular weight excluding hydrogens is 124 g/mol. The van der Waals surface area contributed by atoms with Crippen LogP contribution in [0, 0.1) is 5.92 Å². The summed E-state index contributed by atoms with van der Waals surface area (Å²) in [6, 6.07) is 0. The van der Waals surface area contributed by atoms with Gasteiger partial charge in [-0.15, -0.1) is 0 Å². The maximum atomic E-state index is 6.08. The van der Waals surface area contributed by atoms with Crippen molar-refractivity contribution in [1.82, 2.24) is 4.90 Å². The van der Waals surface area contributed by atoms with Gasteiger partial charge in [0, 0.05) is 18.6 Å². The average molecular weight is 142 g/mol. The van der Waals surface area contributed by atoms with Crippen molar-refractivity contribution in [1.29, 1.82) is 0 Å². The SMILES string of the molecule is CC[C@@H]1CN(C)C[C@@]1(C)N. The molecule has 0 spiro atoms. The zero-order valence-corrected chi connectivity index (χ0v) is 7.22. The maximum absolute atomic E-state index is 6.08. The van der Waals surface area contributed by atoms with Crippen LogP contribution in [0.3, 0.4) is 0 Å². The minimum Gasteiger partial charge on any atom is -0.324 e. The van der Waals surface area contributed by atoms with E-state index in [2.05, 4.69) is 25.8 Å². The molecule has 0 saturated carbocycles. The monoisotopic (exact) mass is 142 g/mol. The number of nitrogens with zero attached hydrogens (tertiary/aromatic N) is 1. The van der Waals surface area contributed by atoms with E-state index in [9.17, 15) is 0 Å². The summed E-state index contributed by atoms with van der Waals surface area (Å²) < 4.78 is 0. The van der Waals surface area contributed by atoms with E-state index in [0.29, 0.717) is 5.92 Å². The van der Waals surface area contributed by atoms with E-state index in [4.69, 9.17) is 5.73 Å². The molecule has 2 N–H and O–H groups in total. The molecule has 1 aliphatic heterocycles. The fourth-order valence-corrected chi connectivity index (χ4v) is 1.96. The molecule has 60 valence electrons. The fourth-order valence-electron chi connectivity index (χ4n) is 1.96. The minimum atomic E-state index is 0.0590. The van der Waals surface area contributed by atoms with E-state index in [1.54, 1.807) is 0 Å². The Balaban J connectivity index is 2.58. The van der Waals surface area contributed by atoms with E-state index < -0.39 is 0 Å². The van der Waals surface area contributed by atoms with Crippen molar-refractivity contribution in [3.63, 3.8) is 0 Å². The molecule has 10 heavy (non-hydrogen) atoms. The molecule has 1 fully saturated rings. The molecule has 0 aliphatic carbocycles. The maximum Gasteiger partial charge on any atom is 0.0295 e. The molecule has 0 aromatic rings. The molecule has 0 aromatic heterocycles. The standard InChI is InChI=1S/C8H18N2/c1-4-7-5-10(3)6-8(7,2)9/h7H,4-6,9H2,1-3H3/t7-,8-/m1/s1. The van der Waals surface area contributed by atoms with Gasteiger partial charge in [0.25, 0.3) is 0 Å². The molecule has 2 atom stereocenters. The number of likely N-dealkylation sites (tertiary alicyclic amines) is 1. The third-order valence-electron chi connectivity index (χ3n) is 2.57. The first-order valence-electron chi connectivity index (χ1n) is 4.03. The molecule has 1 aliphatic rings. The lowest BCUT2D eigenvalue weighted by Crippen LogP contribution is -2.43. The second-order valence-electron chi connectivity index (χ2n) is 3.81. The van der Waals surface area contributed by atoms with Crippen molar-refractivity contribution in [3.05, 3.63) is 0 Å². The van der Waals surface area contributed by atoms with Gasteiger partial charge in [-0.2, -0.15) is 0 Å². The summed E-state index contributed by atoms with van der Waals surface area (Å²) in [6.07, 6.45) is 1.21. The van der Waals surface area contributed by atoms with Gasteiger partial charge >= 0.3 is 0 Å². The van der Waals surface area contributed by atoms with E-state index in [-0.39, 0.29) is 5.54 Å². The lowest BCUT2D eigenvalue weighted by atomic mass is 9.88. The Labute approximate surface area is 63.4 Å². The predicted molar refractivity (Wildman–Crippen MR) is 43.9 cm³/mol. The summed E-state index contributed by atoms with van der Waals surface area (Å²) in [5.41, 5.74) is 6.14. The van der Waals surface area contributed by atoms with E-state index in [0.717, 1.165) is 6.54 Å². The summed E-state index contributed by atoms with van der Waals surface area (Å²) in [5, 5.41) is 0. The lowest BCUT2D eigenvalue weighted by Gasteiger charge is -2.24. The van der Waals surface area contributed by atoms with Crippen LogP contribution < -0.4 is 5.73 Å². The van der Waals surface area contributed by atoms with E-state index in [1.807, 2.05) is 0 Å². The van der Waals surface area contributed by atoms with Gasteiger partial charge in [0.1, 0.15) is 0 Å². The summed E-state index contributed by atoms with van der Waals surface area (Å²) in [7, 11) is 2.14. The van der Waals surface area contributed by atoms with Crippen LogP contribution in [0.1, 0.15) is 20.3 Å². The molecule has 0 radical (unpaired) electrons. The Bertz CT molecular complexity index is 120. The number of hydrogen-bond donors (Lipinski definition) is 1. The first kappa shape index (κ1) is 8.02. The van der Waals surface area contributed by atoms with Crippen LogP contribution >= 0.6 is 0 Å².